The van der Waals surface area contributed by atoms with Gasteiger partial charge in [-0.2, -0.15) is 0 Å². The Morgan fingerprint density at radius 2 is 0.806 bits per heavy atom. The lowest BCUT2D eigenvalue weighted by Crippen LogP contribution is -1.95. The molecule has 290 valence electrons. The normalized spacial score (nSPS) is 12.0. The van der Waals surface area contributed by atoms with Gasteiger partial charge in [-0.25, -0.2) is 0 Å². The molecule has 3 heterocycles. The van der Waals surface area contributed by atoms with Gasteiger partial charge < -0.3 is 13.6 Å². The molecule has 10 aromatic carbocycles. The molecule has 62 heavy (non-hydrogen) atoms. The number of aromatic nitrogens is 2. The van der Waals surface area contributed by atoms with Crippen molar-refractivity contribution in [2.75, 3.05) is 0 Å². The summed E-state index contributed by atoms with van der Waals surface area (Å²) in [6.45, 7) is 0. The fraction of sp³-hybridized carbons (Fsp3) is 0. The minimum atomic E-state index is 0.875. The smallest absolute Gasteiger partial charge is 0.136 e. The van der Waals surface area contributed by atoms with Gasteiger partial charge in [0.1, 0.15) is 11.2 Å². The third-order valence-electron chi connectivity index (χ3n) is 12.7. The van der Waals surface area contributed by atoms with Gasteiger partial charge in [-0.05, 0) is 142 Å². The number of para-hydroxylation sites is 3. The fourth-order valence-electron chi connectivity index (χ4n) is 9.88. The number of benzene rings is 10. The van der Waals surface area contributed by atoms with Crippen LogP contribution in [0.2, 0.25) is 0 Å². The summed E-state index contributed by atoms with van der Waals surface area (Å²) in [7, 11) is 0. The SMILES string of the molecule is Brc1ccc2c(c1)oc1cc(-c3cc(-c4ccc5c(c4)c4ccccc4n5-c4ccccc4)cc(-c4ccc5c(c4)c4ccccc4n5-c4cccc5ccccc45)c3)ccc12. The van der Waals surface area contributed by atoms with E-state index in [1.54, 1.807) is 0 Å². The van der Waals surface area contributed by atoms with Crippen molar-refractivity contribution >= 4 is 92.3 Å². The zero-order chi connectivity index (χ0) is 40.9. The molecule has 0 unspecified atom stereocenters. The van der Waals surface area contributed by atoms with Gasteiger partial charge in [0.15, 0.2) is 0 Å². The van der Waals surface area contributed by atoms with E-state index < -0.39 is 0 Å². The Bertz CT molecular complexity index is 3940. The van der Waals surface area contributed by atoms with E-state index in [0.717, 1.165) is 59.9 Å². The molecule has 0 aliphatic heterocycles. The molecule has 0 fully saturated rings. The highest BCUT2D eigenvalue weighted by molar-refractivity contribution is 9.10. The van der Waals surface area contributed by atoms with Crippen molar-refractivity contribution in [3.63, 3.8) is 0 Å². The lowest BCUT2D eigenvalue weighted by molar-refractivity contribution is 0.669. The predicted molar refractivity (Wildman–Crippen MR) is 264 cm³/mol. The maximum atomic E-state index is 6.47. The maximum absolute atomic E-state index is 6.47. The van der Waals surface area contributed by atoms with Crippen LogP contribution >= 0.6 is 15.9 Å². The summed E-state index contributed by atoms with van der Waals surface area (Å²) < 4.78 is 12.3. The first kappa shape index (κ1) is 35.1. The third-order valence-corrected chi connectivity index (χ3v) is 13.2. The van der Waals surface area contributed by atoms with Crippen molar-refractivity contribution in [3.05, 3.63) is 217 Å². The molecule has 0 atom stereocenters. The Kier molecular flexibility index (Phi) is 7.75. The first-order valence-corrected chi connectivity index (χ1v) is 21.8. The topological polar surface area (TPSA) is 23.0 Å². The molecular formula is C58H35BrN2O. The average molecular weight is 856 g/mol. The Labute approximate surface area is 365 Å². The van der Waals surface area contributed by atoms with E-state index in [4.69, 9.17) is 4.42 Å². The van der Waals surface area contributed by atoms with Gasteiger partial charge in [-0.15, -0.1) is 0 Å². The molecule has 0 aliphatic rings. The second-order valence-corrected chi connectivity index (χ2v) is 17.2. The molecule has 0 aliphatic carbocycles. The number of halogens is 1. The van der Waals surface area contributed by atoms with Crippen LogP contribution in [0.25, 0.3) is 121 Å². The van der Waals surface area contributed by atoms with E-state index >= 15 is 0 Å². The molecule has 4 heteroatoms. The largest absolute Gasteiger partial charge is 0.456 e. The standard InChI is InChI=1S/C58H35BrN2O/c59-43-24-26-49-48-25-21-39(34-57(48)62-58(49)35-43)42-30-40(37-22-27-55-50(32-37)46-16-6-8-18-53(46)60(55)44-13-2-1-3-14-44)29-41(31-42)38-23-28-56-51(33-38)47-17-7-9-19-54(47)61(56)52-20-10-12-36-11-4-5-15-45(36)52/h1-35H. The molecule has 0 bridgehead atoms. The van der Waals surface area contributed by atoms with Crippen LogP contribution in [0.15, 0.2) is 221 Å². The zero-order valence-corrected chi connectivity index (χ0v) is 35.0. The van der Waals surface area contributed by atoms with Gasteiger partial charge in [-0.3, -0.25) is 0 Å². The number of hydrogen-bond donors (Lipinski definition) is 0. The van der Waals surface area contributed by atoms with Crippen LogP contribution in [0.5, 0.6) is 0 Å². The van der Waals surface area contributed by atoms with Crippen LogP contribution in [0.4, 0.5) is 0 Å². The molecular weight excluding hydrogens is 821 g/mol. The zero-order valence-electron chi connectivity index (χ0n) is 33.4. The first-order valence-electron chi connectivity index (χ1n) is 21.0. The summed E-state index contributed by atoms with van der Waals surface area (Å²) in [6, 6.07) is 77.3. The van der Waals surface area contributed by atoms with E-state index in [1.165, 1.54) is 65.6 Å². The lowest BCUT2D eigenvalue weighted by Gasteiger charge is -2.13. The predicted octanol–water partition coefficient (Wildman–Crippen LogP) is 16.7. The average Bonchev–Trinajstić information content (AvgIpc) is 3.98. The monoisotopic (exact) mass is 854 g/mol. The van der Waals surface area contributed by atoms with Crippen LogP contribution < -0.4 is 0 Å². The van der Waals surface area contributed by atoms with Crippen molar-refractivity contribution in [1.29, 1.82) is 0 Å². The van der Waals surface area contributed by atoms with E-state index in [1.807, 2.05) is 6.07 Å². The number of hydrogen-bond acceptors (Lipinski definition) is 1. The van der Waals surface area contributed by atoms with Gasteiger partial charge in [0.25, 0.3) is 0 Å². The van der Waals surface area contributed by atoms with Gasteiger partial charge in [0, 0.05) is 47.9 Å². The van der Waals surface area contributed by atoms with Crippen LogP contribution in [-0.4, -0.2) is 9.13 Å². The van der Waals surface area contributed by atoms with Gasteiger partial charge in [0.05, 0.1) is 27.8 Å². The minimum Gasteiger partial charge on any atom is -0.456 e. The van der Waals surface area contributed by atoms with Crippen LogP contribution in [0, 0.1) is 0 Å². The summed E-state index contributed by atoms with van der Waals surface area (Å²) in [6.07, 6.45) is 0. The van der Waals surface area contributed by atoms with Crippen molar-refractivity contribution in [3.8, 4) is 44.8 Å². The van der Waals surface area contributed by atoms with E-state index in [2.05, 4.69) is 231 Å². The second-order valence-electron chi connectivity index (χ2n) is 16.3. The number of furan rings is 1. The van der Waals surface area contributed by atoms with E-state index in [9.17, 15) is 0 Å². The number of nitrogens with zero attached hydrogens (tertiary/aromatic N) is 2. The van der Waals surface area contributed by atoms with Crippen molar-refractivity contribution < 1.29 is 4.42 Å². The summed E-state index contributed by atoms with van der Waals surface area (Å²) in [5, 5.41) is 9.61. The minimum absolute atomic E-state index is 0.875. The molecule has 3 aromatic heterocycles. The van der Waals surface area contributed by atoms with Crippen molar-refractivity contribution in [2.24, 2.45) is 0 Å². The van der Waals surface area contributed by atoms with Gasteiger partial charge in [-0.1, -0.05) is 125 Å². The molecule has 0 radical (unpaired) electrons. The number of rotatable bonds is 5. The molecule has 13 aromatic rings. The van der Waals surface area contributed by atoms with Crippen LogP contribution in [0.3, 0.4) is 0 Å². The Morgan fingerprint density at radius 3 is 1.50 bits per heavy atom. The Balaban J connectivity index is 1.03. The molecule has 0 saturated heterocycles. The number of fused-ring (bicyclic) bond motifs is 10. The van der Waals surface area contributed by atoms with Crippen molar-refractivity contribution in [1.82, 2.24) is 9.13 Å². The lowest BCUT2D eigenvalue weighted by atomic mass is 9.92. The third kappa shape index (κ3) is 5.43. The summed E-state index contributed by atoms with van der Waals surface area (Å²) in [4.78, 5) is 0. The molecule has 0 spiro atoms. The highest BCUT2D eigenvalue weighted by Crippen LogP contribution is 2.42. The van der Waals surface area contributed by atoms with Crippen molar-refractivity contribution in [2.45, 2.75) is 0 Å². The van der Waals surface area contributed by atoms with Crippen LogP contribution in [0.1, 0.15) is 0 Å². The maximum Gasteiger partial charge on any atom is 0.136 e. The molecule has 13 rings (SSSR count). The van der Waals surface area contributed by atoms with Crippen LogP contribution in [-0.2, 0) is 0 Å². The quantitative estimate of drug-likeness (QED) is 0.169. The summed E-state index contributed by atoms with van der Waals surface area (Å²) in [5.41, 5.74) is 15.7. The highest BCUT2D eigenvalue weighted by atomic mass is 79.9. The summed E-state index contributed by atoms with van der Waals surface area (Å²) >= 11 is 3.63. The van der Waals surface area contributed by atoms with Gasteiger partial charge >= 0.3 is 0 Å². The Morgan fingerprint density at radius 1 is 0.306 bits per heavy atom. The Hall–Kier alpha value is -7.66. The first-order chi connectivity index (χ1) is 30.6. The molecule has 3 nitrogen and oxygen atoms in total. The van der Waals surface area contributed by atoms with Gasteiger partial charge in [0.2, 0.25) is 0 Å². The molecule has 0 saturated carbocycles. The molecule has 0 amide bonds. The van der Waals surface area contributed by atoms with E-state index in [-0.39, 0.29) is 0 Å². The van der Waals surface area contributed by atoms with E-state index in [0.29, 0.717) is 0 Å². The second kappa shape index (κ2) is 13.7. The summed E-state index contributed by atoms with van der Waals surface area (Å²) in [5.74, 6) is 0. The fourth-order valence-corrected chi connectivity index (χ4v) is 10.2. The highest BCUT2D eigenvalue weighted by Gasteiger charge is 2.18. The molecule has 0 N–H and O–H groups in total.